The summed E-state index contributed by atoms with van der Waals surface area (Å²) in [5.41, 5.74) is 7.00. The highest BCUT2D eigenvalue weighted by Gasteiger charge is 2.37. The van der Waals surface area contributed by atoms with Crippen LogP contribution >= 0.6 is 24.0 Å². The number of thiocarbonyl (C=S) groups is 1. The minimum atomic E-state index is -0.314. The van der Waals surface area contributed by atoms with Crippen LogP contribution in [0.4, 0.5) is 5.69 Å². The summed E-state index contributed by atoms with van der Waals surface area (Å²) in [5.74, 6) is -0.314. The van der Waals surface area contributed by atoms with E-state index in [0.29, 0.717) is 20.6 Å². The van der Waals surface area contributed by atoms with Crippen LogP contribution in [-0.4, -0.2) is 29.4 Å². The van der Waals surface area contributed by atoms with Crippen molar-refractivity contribution in [1.29, 1.82) is 0 Å². The Morgan fingerprint density at radius 2 is 1.36 bits per heavy atom. The number of nitrogens with zero attached hydrogens (tertiary/aromatic N) is 5. The first-order valence-corrected chi connectivity index (χ1v) is 15.6. The van der Waals surface area contributed by atoms with Gasteiger partial charge in [-0.25, -0.2) is 9.36 Å². The average Bonchev–Trinajstić information content (AvgIpc) is 3.70. The Morgan fingerprint density at radius 3 is 2.00 bits per heavy atom. The molecule has 0 radical (unpaired) electrons. The quantitative estimate of drug-likeness (QED) is 0.143. The van der Waals surface area contributed by atoms with Crippen LogP contribution < -0.4 is 10.5 Å². The third-order valence-electron chi connectivity index (χ3n) is 7.83. The molecule has 6 aromatic rings. The molecule has 1 fully saturated rings. The molecule has 9 heteroatoms. The van der Waals surface area contributed by atoms with Crippen molar-refractivity contribution in [3.05, 3.63) is 148 Å². The van der Waals surface area contributed by atoms with Gasteiger partial charge in [0.2, 0.25) is 0 Å². The third-order valence-corrected chi connectivity index (χ3v) is 9.13. The summed E-state index contributed by atoms with van der Waals surface area (Å²) in [6.45, 7) is 1.82. The molecule has 0 atom stereocenters. The molecule has 4 aromatic carbocycles. The van der Waals surface area contributed by atoms with Gasteiger partial charge in [-0.05, 0) is 48.9 Å². The molecule has 1 aliphatic heterocycles. The first-order chi connectivity index (χ1) is 21.9. The van der Waals surface area contributed by atoms with Crippen LogP contribution in [0, 0.1) is 6.92 Å². The van der Waals surface area contributed by atoms with Gasteiger partial charge in [0.05, 0.1) is 33.4 Å². The fraction of sp³-hybridized carbons (Fsp3) is 0.0556. The van der Waals surface area contributed by atoms with Crippen molar-refractivity contribution < 1.29 is 4.79 Å². The number of carbonyl (C=O) groups is 1. The summed E-state index contributed by atoms with van der Waals surface area (Å²) in [7, 11) is 1.80. The molecule has 7 rings (SSSR count). The molecule has 2 aromatic heterocycles. The van der Waals surface area contributed by atoms with Gasteiger partial charge in [-0.15, -0.1) is 0 Å². The Balaban J connectivity index is 1.21. The number of hydrogen-bond acceptors (Lipinski definition) is 5. The SMILES string of the molecule is Cc1c(N2C(=O)C(=Cc3ccc(-n4nc(-c5ccccc5)cc4-c4ccccc4)cc3)SC2=S)c(=O)n(-c2ccccc2)n1C. The lowest BCUT2D eigenvalue weighted by atomic mass is 10.1. The van der Waals surface area contributed by atoms with Gasteiger partial charge < -0.3 is 0 Å². The number of anilines is 1. The van der Waals surface area contributed by atoms with E-state index in [4.69, 9.17) is 17.3 Å². The molecule has 220 valence electrons. The Kier molecular flexibility index (Phi) is 7.40. The van der Waals surface area contributed by atoms with Crippen molar-refractivity contribution in [2.45, 2.75) is 6.92 Å². The van der Waals surface area contributed by atoms with Gasteiger partial charge in [-0.3, -0.25) is 19.2 Å². The highest BCUT2D eigenvalue weighted by Crippen LogP contribution is 2.37. The zero-order valence-electron chi connectivity index (χ0n) is 24.5. The molecule has 1 saturated heterocycles. The molecule has 0 spiro atoms. The zero-order chi connectivity index (χ0) is 31.1. The number of thioether (sulfide) groups is 1. The first kappa shape index (κ1) is 28.5. The van der Waals surface area contributed by atoms with Crippen molar-refractivity contribution in [3.63, 3.8) is 0 Å². The molecule has 0 N–H and O–H groups in total. The lowest BCUT2D eigenvalue weighted by molar-refractivity contribution is -0.113. The van der Waals surface area contributed by atoms with Crippen LogP contribution in [0.25, 0.3) is 40.0 Å². The van der Waals surface area contributed by atoms with E-state index in [1.807, 2.05) is 109 Å². The molecule has 3 heterocycles. The molecule has 1 amide bonds. The topological polar surface area (TPSA) is 65.1 Å². The number of para-hydroxylation sites is 1. The summed E-state index contributed by atoms with van der Waals surface area (Å²) in [6, 6.07) is 39.6. The van der Waals surface area contributed by atoms with Gasteiger partial charge in [-0.2, -0.15) is 5.10 Å². The van der Waals surface area contributed by atoms with Crippen molar-refractivity contribution >= 4 is 46.0 Å². The van der Waals surface area contributed by atoms with E-state index in [-0.39, 0.29) is 17.2 Å². The van der Waals surface area contributed by atoms with Gasteiger partial charge in [0.1, 0.15) is 5.69 Å². The van der Waals surface area contributed by atoms with E-state index in [1.165, 1.54) is 16.7 Å². The van der Waals surface area contributed by atoms with Crippen LogP contribution in [0.1, 0.15) is 11.3 Å². The van der Waals surface area contributed by atoms with E-state index in [1.54, 1.807) is 16.4 Å². The summed E-state index contributed by atoms with van der Waals surface area (Å²) in [5, 5.41) is 4.96. The van der Waals surface area contributed by atoms with E-state index in [0.717, 1.165) is 33.8 Å². The second kappa shape index (κ2) is 11.7. The molecule has 0 aliphatic carbocycles. The van der Waals surface area contributed by atoms with Gasteiger partial charge >= 0.3 is 0 Å². The maximum Gasteiger partial charge on any atom is 0.296 e. The van der Waals surface area contributed by atoms with Gasteiger partial charge in [0, 0.05) is 18.2 Å². The van der Waals surface area contributed by atoms with Crippen LogP contribution in [-0.2, 0) is 11.8 Å². The third kappa shape index (κ3) is 5.16. The fourth-order valence-corrected chi connectivity index (χ4v) is 6.75. The summed E-state index contributed by atoms with van der Waals surface area (Å²) >= 11 is 6.82. The van der Waals surface area contributed by atoms with E-state index >= 15 is 0 Å². The summed E-state index contributed by atoms with van der Waals surface area (Å²) < 4.78 is 5.56. The number of benzene rings is 4. The Hall–Kier alpha value is -5.25. The second-order valence-electron chi connectivity index (χ2n) is 10.6. The minimum absolute atomic E-state index is 0.268. The molecule has 45 heavy (non-hydrogen) atoms. The predicted molar refractivity (Wildman–Crippen MR) is 186 cm³/mol. The zero-order valence-corrected chi connectivity index (χ0v) is 26.1. The van der Waals surface area contributed by atoms with E-state index < -0.39 is 0 Å². The Morgan fingerprint density at radius 1 is 0.756 bits per heavy atom. The molecule has 0 unspecified atom stereocenters. The van der Waals surface area contributed by atoms with Crippen molar-refractivity contribution in [2.24, 2.45) is 7.05 Å². The van der Waals surface area contributed by atoms with Crippen LogP contribution in [0.15, 0.2) is 131 Å². The number of hydrogen-bond donors (Lipinski definition) is 0. The molecule has 7 nitrogen and oxygen atoms in total. The normalized spacial score (nSPS) is 14.1. The largest absolute Gasteiger partial charge is 0.296 e. The number of amides is 1. The van der Waals surface area contributed by atoms with Gasteiger partial charge in [0.25, 0.3) is 11.5 Å². The Bertz CT molecular complexity index is 2150. The van der Waals surface area contributed by atoms with E-state index in [2.05, 4.69) is 30.3 Å². The lowest BCUT2D eigenvalue weighted by Gasteiger charge is -2.12. The summed E-state index contributed by atoms with van der Waals surface area (Å²) in [4.78, 5) is 29.1. The molecule has 0 bridgehead atoms. The average molecular weight is 626 g/mol. The highest BCUT2D eigenvalue weighted by atomic mass is 32.2. The van der Waals surface area contributed by atoms with Gasteiger partial charge in [-0.1, -0.05) is 115 Å². The lowest BCUT2D eigenvalue weighted by Crippen LogP contribution is -2.33. The number of aromatic nitrogens is 4. The molecule has 1 aliphatic rings. The van der Waals surface area contributed by atoms with Crippen LogP contribution in [0.3, 0.4) is 0 Å². The van der Waals surface area contributed by atoms with Crippen molar-refractivity contribution in [3.8, 4) is 33.9 Å². The Labute approximate surface area is 269 Å². The molecule has 0 saturated carbocycles. The van der Waals surface area contributed by atoms with Gasteiger partial charge in [0.15, 0.2) is 4.32 Å². The summed E-state index contributed by atoms with van der Waals surface area (Å²) in [6.07, 6.45) is 1.81. The fourth-order valence-electron chi connectivity index (χ4n) is 5.48. The van der Waals surface area contributed by atoms with Crippen LogP contribution in [0.2, 0.25) is 0 Å². The smallest absolute Gasteiger partial charge is 0.283 e. The molecular formula is C36H27N5O2S2. The maximum atomic E-state index is 13.7. The van der Waals surface area contributed by atoms with Crippen molar-refractivity contribution in [1.82, 2.24) is 19.1 Å². The first-order valence-electron chi connectivity index (χ1n) is 14.3. The number of rotatable bonds is 6. The monoisotopic (exact) mass is 625 g/mol. The van der Waals surface area contributed by atoms with Crippen molar-refractivity contribution in [2.75, 3.05) is 4.90 Å². The molecular weight excluding hydrogens is 599 g/mol. The van der Waals surface area contributed by atoms with E-state index in [9.17, 15) is 9.59 Å². The van der Waals surface area contributed by atoms with Crippen LogP contribution in [0.5, 0.6) is 0 Å². The predicted octanol–water partition coefficient (Wildman–Crippen LogP) is 7.41. The second-order valence-corrected chi connectivity index (χ2v) is 12.3. The number of carbonyl (C=O) groups excluding carboxylic acids is 1. The minimum Gasteiger partial charge on any atom is -0.283 e. The standard InChI is InChI=1S/C36H27N5O2S2/c1-24-33(35(43)41(38(24)2)29-16-10-5-11-17-29)39-34(42)32(45-36(39)44)22-25-18-20-28(21-19-25)40-31(27-14-8-4-9-15-27)23-30(37-40)26-12-6-3-7-13-26/h3-23H,1-2H3. The maximum absolute atomic E-state index is 13.7. The highest BCUT2D eigenvalue weighted by molar-refractivity contribution is 8.27.